The molecule has 0 radical (unpaired) electrons. The van der Waals surface area contributed by atoms with E-state index in [1.165, 1.54) is 25.0 Å². The summed E-state index contributed by atoms with van der Waals surface area (Å²) in [6, 6.07) is 5.06. The van der Waals surface area contributed by atoms with Crippen molar-refractivity contribution in [1.82, 2.24) is 10.3 Å². The molecule has 16 heavy (non-hydrogen) atoms. The van der Waals surface area contributed by atoms with Gasteiger partial charge in [-0.1, -0.05) is 20.3 Å². The highest BCUT2D eigenvalue weighted by Crippen LogP contribution is 2.22. The Morgan fingerprint density at radius 1 is 1.50 bits per heavy atom. The van der Waals surface area contributed by atoms with Crippen molar-refractivity contribution < 1.29 is 0 Å². The summed E-state index contributed by atoms with van der Waals surface area (Å²) in [5.41, 5.74) is 7.49. The molecule has 0 aliphatic heterocycles. The molecule has 2 unspecified atom stereocenters. The van der Waals surface area contributed by atoms with Crippen LogP contribution in [0.2, 0.25) is 0 Å². The normalized spacial score (nSPS) is 26.2. The number of rotatable bonds is 4. The fourth-order valence-electron chi connectivity index (χ4n) is 2.47. The summed E-state index contributed by atoms with van der Waals surface area (Å²) in [4.78, 5) is 3.29. The van der Waals surface area contributed by atoms with Crippen LogP contribution in [0.1, 0.15) is 38.8 Å². The van der Waals surface area contributed by atoms with E-state index < -0.39 is 0 Å². The Balaban J connectivity index is 1.89. The lowest BCUT2D eigenvalue weighted by Gasteiger charge is -2.27. The molecule has 1 heterocycles. The first kappa shape index (κ1) is 11.7. The van der Waals surface area contributed by atoms with Gasteiger partial charge >= 0.3 is 0 Å². The fourth-order valence-corrected chi connectivity index (χ4v) is 2.47. The zero-order valence-corrected chi connectivity index (χ0v) is 10.3. The van der Waals surface area contributed by atoms with E-state index in [0.717, 1.165) is 6.54 Å². The van der Waals surface area contributed by atoms with E-state index in [4.69, 9.17) is 5.73 Å². The summed E-state index contributed by atoms with van der Waals surface area (Å²) in [6.45, 7) is 5.49. The van der Waals surface area contributed by atoms with Crippen molar-refractivity contribution in [2.45, 2.75) is 50.6 Å². The van der Waals surface area contributed by atoms with Gasteiger partial charge in [-0.2, -0.15) is 0 Å². The zero-order valence-electron chi connectivity index (χ0n) is 10.3. The second-order valence-electron chi connectivity index (χ2n) is 5.55. The molecule has 1 aromatic heterocycles. The highest BCUT2D eigenvalue weighted by molar-refractivity contribution is 5.15. The highest BCUT2D eigenvalue weighted by Gasteiger charge is 2.27. The molecule has 0 saturated heterocycles. The van der Waals surface area contributed by atoms with E-state index in [0.29, 0.717) is 12.1 Å². The number of nitrogens with one attached hydrogen (secondary N) is 2. The molecule has 4 N–H and O–H groups in total. The third-order valence-corrected chi connectivity index (χ3v) is 3.70. The van der Waals surface area contributed by atoms with Gasteiger partial charge in [-0.3, -0.25) is 0 Å². The minimum Gasteiger partial charge on any atom is -0.365 e. The van der Waals surface area contributed by atoms with E-state index in [-0.39, 0.29) is 5.41 Å². The van der Waals surface area contributed by atoms with Crippen molar-refractivity contribution in [3.05, 3.63) is 24.0 Å². The van der Waals surface area contributed by atoms with Gasteiger partial charge in [0.1, 0.15) is 0 Å². The van der Waals surface area contributed by atoms with Crippen LogP contribution < -0.4 is 11.1 Å². The van der Waals surface area contributed by atoms with Gasteiger partial charge < -0.3 is 16.0 Å². The number of hydrogen-bond donors (Lipinski definition) is 3. The van der Waals surface area contributed by atoms with Crippen molar-refractivity contribution in [3.8, 4) is 0 Å². The molecule has 0 amide bonds. The van der Waals surface area contributed by atoms with Gasteiger partial charge in [-0.05, 0) is 25.0 Å². The molecule has 3 nitrogen and oxygen atoms in total. The van der Waals surface area contributed by atoms with Crippen LogP contribution in [0, 0.1) is 0 Å². The van der Waals surface area contributed by atoms with Crippen LogP contribution in [0.4, 0.5) is 0 Å². The van der Waals surface area contributed by atoms with Gasteiger partial charge in [-0.25, -0.2) is 0 Å². The van der Waals surface area contributed by atoms with Gasteiger partial charge in [0.2, 0.25) is 0 Å². The lowest BCUT2D eigenvalue weighted by molar-refractivity contribution is 0.395. The van der Waals surface area contributed by atoms with Gasteiger partial charge in [-0.15, -0.1) is 0 Å². The van der Waals surface area contributed by atoms with Crippen LogP contribution in [-0.2, 0) is 5.41 Å². The summed E-state index contributed by atoms with van der Waals surface area (Å²) < 4.78 is 0. The predicted octanol–water partition coefficient (Wildman–Crippen LogP) is 1.76. The molecule has 0 aromatic carbocycles. The maximum atomic E-state index is 6.06. The Hall–Kier alpha value is -0.800. The topological polar surface area (TPSA) is 53.8 Å². The van der Waals surface area contributed by atoms with Crippen LogP contribution in [0.15, 0.2) is 18.3 Å². The minimum atomic E-state index is 0.145. The monoisotopic (exact) mass is 221 g/mol. The molecule has 1 fully saturated rings. The number of nitrogens with two attached hydrogens (primary N) is 1. The highest BCUT2D eigenvalue weighted by atomic mass is 15.0. The number of aromatic amines is 1. The first-order valence-electron chi connectivity index (χ1n) is 6.22. The zero-order chi connectivity index (χ0) is 11.6. The lowest BCUT2D eigenvalue weighted by Crippen LogP contribution is -2.45. The first-order chi connectivity index (χ1) is 7.59. The van der Waals surface area contributed by atoms with Crippen LogP contribution in [0.3, 0.4) is 0 Å². The number of hydrogen-bond acceptors (Lipinski definition) is 2. The Kier molecular flexibility index (Phi) is 3.36. The van der Waals surface area contributed by atoms with Gasteiger partial charge in [0.05, 0.1) is 0 Å². The third kappa shape index (κ3) is 2.47. The third-order valence-electron chi connectivity index (χ3n) is 3.70. The molecule has 90 valence electrons. The van der Waals surface area contributed by atoms with Gasteiger partial charge in [0.15, 0.2) is 0 Å². The molecule has 0 spiro atoms. The molecule has 0 bridgehead atoms. The van der Waals surface area contributed by atoms with E-state index in [2.05, 4.69) is 36.3 Å². The van der Waals surface area contributed by atoms with Gasteiger partial charge in [0.25, 0.3) is 0 Å². The summed E-state index contributed by atoms with van der Waals surface area (Å²) in [5, 5.41) is 3.61. The van der Waals surface area contributed by atoms with E-state index in [1.54, 1.807) is 0 Å². The van der Waals surface area contributed by atoms with Crippen molar-refractivity contribution in [1.29, 1.82) is 0 Å². The van der Waals surface area contributed by atoms with Crippen molar-refractivity contribution in [2.24, 2.45) is 5.73 Å². The maximum absolute atomic E-state index is 6.06. The van der Waals surface area contributed by atoms with E-state index in [1.807, 2.05) is 6.20 Å². The predicted molar refractivity (Wildman–Crippen MR) is 67.4 cm³/mol. The molecule has 1 aromatic rings. The van der Waals surface area contributed by atoms with E-state index in [9.17, 15) is 0 Å². The smallest absolute Gasteiger partial charge is 0.0219 e. The van der Waals surface area contributed by atoms with Crippen LogP contribution >= 0.6 is 0 Å². The van der Waals surface area contributed by atoms with E-state index >= 15 is 0 Å². The Labute approximate surface area is 97.8 Å². The SMILES string of the molecule is CC(C)(CNC1CCCC1N)c1ccc[nH]1. The Morgan fingerprint density at radius 3 is 2.88 bits per heavy atom. The average Bonchev–Trinajstić information content (AvgIpc) is 2.85. The van der Waals surface area contributed by atoms with Crippen molar-refractivity contribution >= 4 is 0 Å². The molecule has 1 aliphatic rings. The molecular formula is C13H23N3. The Morgan fingerprint density at radius 2 is 2.31 bits per heavy atom. The number of H-pyrrole nitrogens is 1. The molecule has 2 atom stereocenters. The molecule has 1 saturated carbocycles. The van der Waals surface area contributed by atoms with Gasteiger partial charge in [0, 0.05) is 35.9 Å². The second-order valence-corrected chi connectivity index (χ2v) is 5.55. The first-order valence-corrected chi connectivity index (χ1v) is 6.22. The molecule has 2 rings (SSSR count). The summed E-state index contributed by atoms with van der Waals surface area (Å²) in [5.74, 6) is 0. The second kappa shape index (κ2) is 4.60. The molecule has 3 heteroatoms. The largest absolute Gasteiger partial charge is 0.365 e. The van der Waals surface area contributed by atoms with Crippen molar-refractivity contribution in [3.63, 3.8) is 0 Å². The van der Waals surface area contributed by atoms with Crippen LogP contribution in [-0.4, -0.2) is 23.6 Å². The number of aromatic nitrogens is 1. The minimum absolute atomic E-state index is 0.145. The summed E-state index contributed by atoms with van der Waals surface area (Å²) >= 11 is 0. The lowest BCUT2D eigenvalue weighted by atomic mass is 9.89. The van der Waals surface area contributed by atoms with Crippen LogP contribution in [0.5, 0.6) is 0 Å². The van der Waals surface area contributed by atoms with Crippen LogP contribution in [0.25, 0.3) is 0 Å². The summed E-state index contributed by atoms with van der Waals surface area (Å²) in [7, 11) is 0. The standard InChI is InChI=1S/C13H23N3/c1-13(2,12-7-4-8-15-12)9-16-11-6-3-5-10(11)14/h4,7-8,10-11,15-16H,3,5-6,9,14H2,1-2H3. The quantitative estimate of drug-likeness (QED) is 0.725. The van der Waals surface area contributed by atoms with Crippen molar-refractivity contribution in [2.75, 3.05) is 6.54 Å². The fraction of sp³-hybridized carbons (Fsp3) is 0.692. The maximum Gasteiger partial charge on any atom is 0.0219 e. The summed E-state index contributed by atoms with van der Waals surface area (Å²) in [6.07, 6.45) is 5.64. The molecule has 1 aliphatic carbocycles. The molecular weight excluding hydrogens is 198 g/mol. The Bertz CT molecular complexity index is 316. The average molecular weight is 221 g/mol.